The van der Waals surface area contributed by atoms with Crippen molar-refractivity contribution in [3.63, 3.8) is 0 Å². The van der Waals surface area contributed by atoms with Crippen LogP contribution < -0.4 is 0 Å². The summed E-state index contributed by atoms with van der Waals surface area (Å²) in [6.45, 7) is 4.50. The molecule has 0 aliphatic rings. The van der Waals surface area contributed by atoms with E-state index in [1.165, 1.54) is 96.3 Å². The highest BCUT2D eigenvalue weighted by Crippen LogP contribution is 2.18. The average Bonchev–Trinajstić information content (AvgIpc) is 2.91. The zero-order valence-corrected chi connectivity index (χ0v) is 26.2. The Morgan fingerprint density at radius 1 is 0.538 bits per heavy atom. The van der Waals surface area contributed by atoms with Gasteiger partial charge in [0.1, 0.15) is 6.10 Å². The van der Waals surface area contributed by atoms with Gasteiger partial charge in [-0.15, -0.1) is 0 Å². The molecule has 0 spiro atoms. The van der Waals surface area contributed by atoms with Crippen LogP contribution in [0.1, 0.15) is 194 Å². The molecule has 0 rings (SSSR count). The lowest BCUT2D eigenvalue weighted by molar-refractivity contribution is -0.150. The third-order valence-electron chi connectivity index (χ3n) is 7.74. The summed E-state index contributed by atoms with van der Waals surface area (Å²) >= 11 is 0. The monoisotopic (exact) mass is 550 g/mol. The van der Waals surface area contributed by atoms with E-state index in [0.29, 0.717) is 6.42 Å². The Bertz CT molecular complexity index is 557. The molecule has 0 amide bonds. The first kappa shape index (κ1) is 37.7. The molecule has 4 nitrogen and oxygen atoms in total. The van der Waals surface area contributed by atoms with Gasteiger partial charge >= 0.3 is 11.9 Å². The Labute approximate surface area is 243 Å². The largest absolute Gasteiger partial charge is 0.481 e. The maximum atomic E-state index is 12.5. The number of carbonyl (C=O) groups is 2. The van der Waals surface area contributed by atoms with Crippen LogP contribution in [0.4, 0.5) is 0 Å². The number of carboxylic acids is 1. The number of hydrogen-bond donors (Lipinski definition) is 1. The fourth-order valence-corrected chi connectivity index (χ4v) is 5.18. The predicted octanol–water partition coefficient (Wildman–Crippen LogP) is 11.5. The minimum Gasteiger partial charge on any atom is -0.481 e. The van der Waals surface area contributed by atoms with Crippen LogP contribution in [0.15, 0.2) is 12.2 Å². The quantitative estimate of drug-likeness (QED) is 0.0529. The summed E-state index contributed by atoms with van der Waals surface area (Å²) in [7, 11) is 0. The van der Waals surface area contributed by atoms with E-state index in [4.69, 9.17) is 9.84 Å². The molecule has 1 N–H and O–H groups in total. The molecular formula is C35H66O4. The van der Waals surface area contributed by atoms with Crippen LogP contribution in [-0.2, 0) is 14.3 Å². The molecule has 0 radical (unpaired) electrons. The van der Waals surface area contributed by atoms with Crippen molar-refractivity contribution in [2.75, 3.05) is 0 Å². The Kier molecular flexibility index (Phi) is 30.2. The summed E-state index contributed by atoms with van der Waals surface area (Å²) in [5, 5.41) is 8.77. The normalized spacial score (nSPS) is 12.3. The van der Waals surface area contributed by atoms with Gasteiger partial charge in [0.25, 0.3) is 0 Å². The summed E-state index contributed by atoms with van der Waals surface area (Å²) < 4.78 is 5.93. The van der Waals surface area contributed by atoms with Gasteiger partial charge in [-0.2, -0.15) is 0 Å². The highest BCUT2D eigenvalue weighted by atomic mass is 16.5. The molecule has 230 valence electrons. The number of hydrogen-bond acceptors (Lipinski definition) is 3. The number of esters is 1. The summed E-state index contributed by atoms with van der Waals surface area (Å²) in [5.74, 6) is -0.716. The molecule has 0 aliphatic carbocycles. The Hall–Kier alpha value is -1.32. The zero-order chi connectivity index (χ0) is 28.7. The van der Waals surface area contributed by atoms with Crippen LogP contribution >= 0.6 is 0 Å². The zero-order valence-electron chi connectivity index (χ0n) is 26.2. The molecule has 0 heterocycles. The number of ether oxygens (including phenoxy) is 1. The fourth-order valence-electron chi connectivity index (χ4n) is 5.18. The highest BCUT2D eigenvalue weighted by Gasteiger charge is 2.14. The van der Waals surface area contributed by atoms with Crippen LogP contribution in [0.25, 0.3) is 0 Å². The van der Waals surface area contributed by atoms with E-state index in [1.807, 2.05) is 0 Å². The smallest absolute Gasteiger partial charge is 0.306 e. The standard InChI is InChI=1S/C35H66O4/c1-3-5-7-9-11-12-13-14-15-16-17-18-19-21-25-29-33(30-26-22-20-23-27-31-34(36)37)39-35(38)32-28-24-10-8-6-4-2/h16-17,33H,3-15,18-32H2,1-2H3,(H,36,37)/b17-16-. The maximum Gasteiger partial charge on any atom is 0.306 e. The lowest BCUT2D eigenvalue weighted by Crippen LogP contribution is -2.18. The third-order valence-corrected chi connectivity index (χ3v) is 7.74. The number of carbonyl (C=O) groups excluding carboxylic acids is 1. The van der Waals surface area contributed by atoms with Gasteiger partial charge in [-0.1, -0.05) is 129 Å². The molecule has 0 saturated heterocycles. The second-order valence-corrected chi connectivity index (χ2v) is 11.7. The van der Waals surface area contributed by atoms with Gasteiger partial charge in [0, 0.05) is 12.8 Å². The van der Waals surface area contributed by atoms with Gasteiger partial charge in [0.05, 0.1) is 0 Å². The van der Waals surface area contributed by atoms with Gasteiger partial charge < -0.3 is 9.84 Å². The van der Waals surface area contributed by atoms with E-state index >= 15 is 0 Å². The molecule has 39 heavy (non-hydrogen) atoms. The number of rotatable bonds is 31. The molecular weight excluding hydrogens is 484 g/mol. The first-order valence-electron chi connectivity index (χ1n) is 17.2. The van der Waals surface area contributed by atoms with Gasteiger partial charge in [-0.3, -0.25) is 9.59 Å². The third kappa shape index (κ3) is 31.1. The SMILES string of the molecule is CCCCCCCCCC/C=C\CCCCCC(CCCCCCCC(=O)O)OC(=O)CCCCCCCC. The number of aliphatic carboxylic acids is 1. The molecule has 1 atom stereocenters. The summed E-state index contributed by atoms with van der Waals surface area (Å²) in [4.78, 5) is 23.1. The molecule has 0 aromatic carbocycles. The summed E-state index contributed by atoms with van der Waals surface area (Å²) in [6, 6.07) is 0. The Morgan fingerprint density at radius 3 is 1.41 bits per heavy atom. The molecule has 4 heteroatoms. The number of unbranched alkanes of at least 4 members (excludes halogenated alkanes) is 20. The van der Waals surface area contributed by atoms with E-state index in [9.17, 15) is 9.59 Å². The van der Waals surface area contributed by atoms with Crippen molar-refractivity contribution in [2.45, 2.75) is 200 Å². The van der Waals surface area contributed by atoms with Crippen molar-refractivity contribution < 1.29 is 19.4 Å². The molecule has 0 aromatic heterocycles. The van der Waals surface area contributed by atoms with Crippen molar-refractivity contribution in [1.82, 2.24) is 0 Å². The second-order valence-electron chi connectivity index (χ2n) is 11.7. The predicted molar refractivity (Wildman–Crippen MR) is 167 cm³/mol. The molecule has 0 fully saturated rings. The van der Waals surface area contributed by atoms with Crippen LogP contribution in [0.3, 0.4) is 0 Å². The van der Waals surface area contributed by atoms with E-state index in [1.54, 1.807) is 0 Å². The van der Waals surface area contributed by atoms with Gasteiger partial charge in [-0.25, -0.2) is 0 Å². The van der Waals surface area contributed by atoms with Crippen molar-refractivity contribution >= 4 is 11.9 Å². The van der Waals surface area contributed by atoms with Crippen molar-refractivity contribution in [2.24, 2.45) is 0 Å². The first-order valence-corrected chi connectivity index (χ1v) is 17.2. The molecule has 1 unspecified atom stereocenters. The molecule has 0 aromatic rings. The minimum atomic E-state index is -0.702. The molecule has 0 aliphatic heterocycles. The summed E-state index contributed by atoms with van der Waals surface area (Å²) in [5.41, 5.74) is 0. The number of allylic oxidation sites excluding steroid dienone is 2. The van der Waals surface area contributed by atoms with E-state index in [0.717, 1.165) is 70.6 Å². The van der Waals surface area contributed by atoms with Crippen LogP contribution in [0.2, 0.25) is 0 Å². The van der Waals surface area contributed by atoms with Crippen molar-refractivity contribution in [3.8, 4) is 0 Å². The van der Waals surface area contributed by atoms with E-state index in [-0.39, 0.29) is 18.5 Å². The van der Waals surface area contributed by atoms with Crippen LogP contribution in [-0.4, -0.2) is 23.1 Å². The fraction of sp³-hybridized carbons (Fsp3) is 0.886. The van der Waals surface area contributed by atoms with E-state index in [2.05, 4.69) is 26.0 Å². The van der Waals surface area contributed by atoms with Gasteiger partial charge in [-0.05, 0) is 64.2 Å². The summed E-state index contributed by atoms with van der Waals surface area (Å²) in [6.07, 6.45) is 36.6. The lowest BCUT2D eigenvalue weighted by atomic mass is 10.0. The van der Waals surface area contributed by atoms with Gasteiger partial charge in [0.15, 0.2) is 0 Å². The first-order chi connectivity index (χ1) is 19.1. The van der Waals surface area contributed by atoms with Gasteiger partial charge in [0.2, 0.25) is 0 Å². The van der Waals surface area contributed by atoms with Crippen molar-refractivity contribution in [1.29, 1.82) is 0 Å². The van der Waals surface area contributed by atoms with Crippen molar-refractivity contribution in [3.05, 3.63) is 12.2 Å². The lowest BCUT2D eigenvalue weighted by Gasteiger charge is -2.18. The Morgan fingerprint density at radius 2 is 0.923 bits per heavy atom. The van der Waals surface area contributed by atoms with Crippen LogP contribution in [0, 0.1) is 0 Å². The minimum absolute atomic E-state index is 0.0131. The Balaban J connectivity index is 4.02. The topological polar surface area (TPSA) is 63.6 Å². The van der Waals surface area contributed by atoms with Crippen LogP contribution in [0.5, 0.6) is 0 Å². The second kappa shape index (κ2) is 31.2. The highest BCUT2D eigenvalue weighted by molar-refractivity contribution is 5.69. The average molecular weight is 551 g/mol. The molecule has 0 bridgehead atoms. The number of carboxylic acid groups (broad SMARTS) is 1. The maximum absolute atomic E-state index is 12.5. The van der Waals surface area contributed by atoms with E-state index < -0.39 is 5.97 Å². The molecule has 0 saturated carbocycles.